The van der Waals surface area contributed by atoms with E-state index in [4.69, 9.17) is 16.3 Å². The molecule has 2 aromatic carbocycles. The number of anilines is 3. The highest BCUT2D eigenvalue weighted by atomic mass is 35.5. The van der Waals surface area contributed by atoms with Gasteiger partial charge >= 0.3 is 0 Å². The molecule has 8 heteroatoms. The van der Waals surface area contributed by atoms with Crippen LogP contribution in [0.15, 0.2) is 48.5 Å². The summed E-state index contributed by atoms with van der Waals surface area (Å²) in [7, 11) is 1.53. The van der Waals surface area contributed by atoms with E-state index in [1.807, 2.05) is 0 Å². The number of carbonyl (C=O) groups excluding carboxylic acids is 1. The maximum Gasteiger partial charge on any atom is 0.274 e. The summed E-state index contributed by atoms with van der Waals surface area (Å²) < 4.78 is 18.3. The number of rotatable bonds is 5. The van der Waals surface area contributed by atoms with Crippen molar-refractivity contribution in [3.63, 3.8) is 0 Å². The van der Waals surface area contributed by atoms with Crippen LogP contribution in [0.1, 0.15) is 16.2 Å². The van der Waals surface area contributed by atoms with Gasteiger partial charge in [-0.3, -0.25) is 4.79 Å². The highest BCUT2D eigenvalue weighted by Crippen LogP contribution is 2.29. The third-order valence-corrected chi connectivity index (χ3v) is 3.83. The average molecular weight is 387 g/mol. The number of ether oxygens (including phenoxy) is 1. The van der Waals surface area contributed by atoms with Gasteiger partial charge < -0.3 is 15.4 Å². The van der Waals surface area contributed by atoms with Gasteiger partial charge in [-0.15, -0.1) is 0 Å². The molecule has 1 heterocycles. The fourth-order valence-corrected chi connectivity index (χ4v) is 2.54. The molecule has 1 aromatic heterocycles. The van der Waals surface area contributed by atoms with Crippen LogP contribution in [0, 0.1) is 12.7 Å². The molecule has 0 saturated carbocycles. The summed E-state index contributed by atoms with van der Waals surface area (Å²) in [6.07, 6.45) is 0. The largest absolute Gasteiger partial charge is 0.495 e. The number of amides is 1. The van der Waals surface area contributed by atoms with Gasteiger partial charge in [-0.05, 0) is 55.5 Å². The Labute approximate surface area is 160 Å². The van der Waals surface area contributed by atoms with Crippen molar-refractivity contribution in [1.29, 1.82) is 0 Å². The molecule has 6 nitrogen and oxygen atoms in total. The first-order chi connectivity index (χ1) is 12.9. The maximum absolute atomic E-state index is 13.0. The number of methoxy groups -OCH3 is 1. The summed E-state index contributed by atoms with van der Waals surface area (Å²) in [5.41, 5.74) is 1.79. The molecule has 0 spiro atoms. The highest BCUT2D eigenvalue weighted by Gasteiger charge is 2.13. The molecule has 1 amide bonds. The molecular weight excluding hydrogens is 371 g/mol. The quantitative estimate of drug-likeness (QED) is 0.671. The molecule has 2 N–H and O–H groups in total. The number of aromatic nitrogens is 2. The summed E-state index contributed by atoms with van der Waals surface area (Å²) in [6.45, 7) is 1.75. The molecule has 3 aromatic rings. The zero-order chi connectivity index (χ0) is 19.4. The van der Waals surface area contributed by atoms with Crippen molar-refractivity contribution < 1.29 is 13.9 Å². The van der Waals surface area contributed by atoms with E-state index in [2.05, 4.69) is 20.6 Å². The van der Waals surface area contributed by atoms with Crippen LogP contribution >= 0.6 is 11.6 Å². The molecule has 0 unspecified atom stereocenters. The summed E-state index contributed by atoms with van der Waals surface area (Å²) in [5, 5.41) is 6.19. The Morgan fingerprint density at radius 1 is 1.11 bits per heavy atom. The van der Waals surface area contributed by atoms with Gasteiger partial charge in [0, 0.05) is 16.4 Å². The van der Waals surface area contributed by atoms with E-state index < -0.39 is 5.91 Å². The minimum Gasteiger partial charge on any atom is -0.495 e. The van der Waals surface area contributed by atoms with Crippen LogP contribution < -0.4 is 15.4 Å². The van der Waals surface area contributed by atoms with Crippen LogP contribution in [0.4, 0.5) is 21.7 Å². The first kappa shape index (κ1) is 18.6. The Morgan fingerprint density at radius 3 is 2.56 bits per heavy atom. The second kappa shape index (κ2) is 8.01. The van der Waals surface area contributed by atoms with E-state index in [-0.39, 0.29) is 17.5 Å². The lowest BCUT2D eigenvalue weighted by Gasteiger charge is -2.12. The van der Waals surface area contributed by atoms with Crippen LogP contribution in [-0.4, -0.2) is 23.0 Å². The molecule has 0 fully saturated rings. The Morgan fingerprint density at radius 2 is 1.85 bits per heavy atom. The number of hydrogen-bond acceptors (Lipinski definition) is 5. The van der Waals surface area contributed by atoms with Crippen molar-refractivity contribution in [3.8, 4) is 5.75 Å². The highest BCUT2D eigenvalue weighted by molar-refractivity contribution is 6.31. The Bertz CT molecular complexity index is 980. The van der Waals surface area contributed by atoms with Crippen molar-refractivity contribution in [2.24, 2.45) is 0 Å². The van der Waals surface area contributed by atoms with E-state index in [1.54, 1.807) is 31.2 Å². The van der Waals surface area contributed by atoms with Gasteiger partial charge in [0.25, 0.3) is 5.91 Å². The van der Waals surface area contributed by atoms with E-state index in [9.17, 15) is 9.18 Å². The smallest absolute Gasteiger partial charge is 0.274 e. The Kier molecular flexibility index (Phi) is 5.52. The number of nitrogens with zero attached hydrogens (tertiary/aromatic N) is 2. The molecule has 138 valence electrons. The van der Waals surface area contributed by atoms with E-state index in [0.717, 1.165) is 0 Å². The number of nitrogens with one attached hydrogen (secondary N) is 2. The fraction of sp³-hybridized carbons (Fsp3) is 0.105. The normalized spacial score (nSPS) is 10.4. The molecule has 0 radical (unpaired) electrons. The van der Waals surface area contributed by atoms with Gasteiger partial charge in [-0.25, -0.2) is 14.4 Å². The number of benzene rings is 2. The van der Waals surface area contributed by atoms with Gasteiger partial charge in [0.15, 0.2) is 0 Å². The average Bonchev–Trinajstić information content (AvgIpc) is 2.63. The lowest BCUT2D eigenvalue weighted by Crippen LogP contribution is -2.15. The van der Waals surface area contributed by atoms with Crippen LogP contribution in [0.2, 0.25) is 5.02 Å². The third kappa shape index (κ3) is 4.71. The lowest BCUT2D eigenvalue weighted by molar-refractivity contribution is 0.102. The van der Waals surface area contributed by atoms with Crippen LogP contribution in [0.3, 0.4) is 0 Å². The first-order valence-electron chi connectivity index (χ1n) is 7.98. The van der Waals surface area contributed by atoms with Gasteiger partial charge in [-0.2, -0.15) is 0 Å². The third-order valence-electron chi connectivity index (χ3n) is 3.60. The number of aryl methyl sites for hydroxylation is 1. The van der Waals surface area contributed by atoms with Crippen molar-refractivity contribution in [3.05, 3.63) is 70.8 Å². The minimum atomic E-state index is -0.437. The van der Waals surface area contributed by atoms with E-state index in [1.165, 1.54) is 31.4 Å². The number of halogens is 2. The summed E-state index contributed by atoms with van der Waals surface area (Å²) >= 11 is 6.03. The van der Waals surface area contributed by atoms with Crippen molar-refractivity contribution in [2.75, 3.05) is 17.7 Å². The second-order valence-electron chi connectivity index (χ2n) is 5.65. The summed E-state index contributed by atoms with van der Waals surface area (Å²) in [4.78, 5) is 21.0. The Balaban J connectivity index is 1.85. The Hall–Kier alpha value is -3.19. The SMILES string of the molecule is COc1ccc(Cl)cc1Nc1nc(C)cc(C(=O)Nc2ccc(F)cc2)n1. The van der Waals surface area contributed by atoms with Crippen LogP contribution in [-0.2, 0) is 0 Å². The second-order valence-corrected chi connectivity index (χ2v) is 6.09. The molecule has 0 aliphatic carbocycles. The van der Waals surface area contributed by atoms with Crippen molar-refractivity contribution in [2.45, 2.75) is 6.92 Å². The van der Waals surface area contributed by atoms with Crippen molar-refractivity contribution >= 4 is 34.8 Å². The summed E-state index contributed by atoms with van der Waals surface area (Å²) in [5.74, 6) is -0.0392. The monoisotopic (exact) mass is 386 g/mol. The van der Waals surface area contributed by atoms with Gasteiger partial charge in [0.1, 0.15) is 17.3 Å². The zero-order valence-corrected chi connectivity index (χ0v) is 15.3. The zero-order valence-electron chi connectivity index (χ0n) is 14.6. The molecule has 0 aliphatic rings. The van der Waals surface area contributed by atoms with E-state index >= 15 is 0 Å². The summed E-state index contributed by atoms with van der Waals surface area (Å²) in [6, 6.07) is 12.1. The number of hydrogen-bond donors (Lipinski definition) is 2. The van der Waals surface area contributed by atoms with Gasteiger partial charge in [0.2, 0.25) is 5.95 Å². The van der Waals surface area contributed by atoms with Crippen LogP contribution in [0.25, 0.3) is 0 Å². The van der Waals surface area contributed by atoms with Crippen LogP contribution in [0.5, 0.6) is 5.75 Å². The van der Waals surface area contributed by atoms with Crippen molar-refractivity contribution in [1.82, 2.24) is 9.97 Å². The lowest BCUT2D eigenvalue weighted by atomic mass is 10.2. The predicted octanol–water partition coefficient (Wildman–Crippen LogP) is 4.58. The molecule has 27 heavy (non-hydrogen) atoms. The molecule has 3 rings (SSSR count). The van der Waals surface area contributed by atoms with E-state index in [0.29, 0.717) is 27.8 Å². The molecule has 0 saturated heterocycles. The predicted molar refractivity (Wildman–Crippen MR) is 102 cm³/mol. The maximum atomic E-state index is 13.0. The molecule has 0 aliphatic heterocycles. The first-order valence-corrected chi connectivity index (χ1v) is 8.35. The molecular formula is C19H16ClFN4O2. The molecule has 0 bridgehead atoms. The topological polar surface area (TPSA) is 76.1 Å². The minimum absolute atomic E-state index is 0.162. The standard InChI is InChI=1S/C19H16ClFN4O2/c1-11-9-16(18(26)23-14-6-4-13(21)5-7-14)25-19(22-11)24-15-10-12(20)3-8-17(15)27-2/h3-10H,1-2H3,(H,23,26)(H,22,24,25). The molecule has 0 atom stereocenters. The van der Waals surface area contributed by atoms with Gasteiger partial charge in [0.05, 0.1) is 12.8 Å². The number of carbonyl (C=O) groups is 1. The fourth-order valence-electron chi connectivity index (χ4n) is 2.37. The van der Waals surface area contributed by atoms with Gasteiger partial charge in [-0.1, -0.05) is 11.6 Å².